The highest BCUT2D eigenvalue weighted by atomic mass is 127. The fourth-order valence-electron chi connectivity index (χ4n) is 1.17. The zero-order valence-electron chi connectivity index (χ0n) is 8.77. The Labute approximate surface area is 110 Å². The number of benzene rings is 1. The third-order valence-corrected chi connectivity index (χ3v) is 2.79. The van der Waals surface area contributed by atoms with E-state index in [1.165, 1.54) is 6.07 Å². The maximum Gasteiger partial charge on any atom is 0.339 e. The van der Waals surface area contributed by atoms with Gasteiger partial charge in [0, 0.05) is 9.64 Å². The van der Waals surface area contributed by atoms with Crippen molar-refractivity contribution in [2.45, 2.75) is 6.92 Å². The lowest BCUT2D eigenvalue weighted by atomic mass is 10.1. The van der Waals surface area contributed by atoms with Gasteiger partial charge in [0.15, 0.2) is 0 Å². The Morgan fingerprint density at radius 1 is 1.65 bits per heavy atom. The molecule has 0 amide bonds. The summed E-state index contributed by atoms with van der Waals surface area (Å²) >= 11 is 1.83. The first kappa shape index (κ1) is 13.4. The Balaban J connectivity index is 3.35. The predicted octanol–water partition coefficient (Wildman–Crippen LogP) is 2.25. The summed E-state index contributed by atoms with van der Waals surface area (Å²) in [4.78, 5) is 21.5. The van der Waals surface area contributed by atoms with Gasteiger partial charge < -0.3 is 4.74 Å². The predicted molar refractivity (Wildman–Crippen MR) is 66.5 cm³/mol. The second-order valence-electron chi connectivity index (χ2n) is 2.94. The molecule has 0 heterocycles. The van der Waals surface area contributed by atoms with Crippen LogP contribution in [-0.2, 0) is 4.74 Å². The van der Waals surface area contributed by atoms with Crippen molar-refractivity contribution in [2.75, 3.05) is 6.61 Å². The topological polar surface area (TPSA) is 93.2 Å². The van der Waals surface area contributed by atoms with Crippen LogP contribution in [0.25, 0.3) is 0 Å². The molecule has 0 aliphatic heterocycles. The van der Waals surface area contributed by atoms with Crippen LogP contribution in [0.4, 0.5) is 5.69 Å². The summed E-state index contributed by atoms with van der Waals surface area (Å²) in [5, 5.41) is 19.5. The zero-order valence-corrected chi connectivity index (χ0v) is 10.9. The average molecular weight is 346 g/mol. The average Bonchev–Trinajstić information content (AvgIpc) is 2.28. The third-order valence-electron chi connectivity index (χ3n) is 1.90. The van der Waals surface area contributed by atoms with E-state index >= 15 is 0 Å². The third kappa shape index (κ3) is 2.91. The fourth-order valence-corrected chi connectivity index (χ4v) is 1.86. The van der Waals surface area contributed by atoms with E-state index in [0.29, 0.717) is 3.57 Å². The van der Waals surface area contributed by atoms with Gasteiger partial charge in [0.05, 0.1) is 17.1 Å². The molecule has 0 saturated heterocycles. The van der Waals surface area contributed by atoms with E-state index in [2.05, 4.69) is 0 Å². The van der Waals surface area contributed by atoms with Crippen LogP contribution in [0.5, 0.6) is 0 Å². The number of rotatable bonds is 3. The second-order valence-corrected chi connectivity index (χ2v) is 4.10. The number of carbonyl (C=O) groups excluding carboxylic acids is 1. The van der Waals surface area contributed by atoms with Crippen molar-refractivity contribution in [1.29, 1.82) is 5.26 Å². The van der Waals surface area contributed by atoms with Crippen molar-refractivity contribution in [3.8, 4) is 6.07 Å². The Kier molecular flexibility index (Phi) is 4.39. The van der Waals surface area contributed by atoms with E-state index in [9.17, 15) is 14.9 Å². The van der Waals surface area contributed by atoms with E-state index in [1.807, 2.05) is 22.6 Å². The summed E-state index contributed by atoms with van der Waals surface area (Å²) in [6, 6.07) is 4.08. The molecule has 0 aliphatic rings. The molecular formula is C10H7IN2O4. The highest BCUT2D eigenvalue weighted by Gasteiger charge is 2.21. The minimum atomic E-state index is -0.697. The van der Waals surface area contributed by atoms with Gasteiger partial charge in [0.25, 0.3) is 5.69 Å². The summed E-state index contributed by atoms with van der Waals surface area (Å²) in [5.41, 5.74) is -0.374. The zero-order chi connectivity index (χ0) is 13.0. The summed E-state index contributed by atoms with van der Waals surface area (Å²) in [7, 11) is 0. The van der Waals surface area contributed by atoms with Gasteiger partial charge >= 0.3 is 5.97 Å². The molecule has 0 aromatic heterocycles. The Bertz CT molecular complexity index is 522. The summed E-state index contributed by atoms with van der Waals surface area (Å²) in [6.45, 7) is 1.82. The highest BCUT2D eigenvalue weighted by molar-refractivity contribution is 14.1. The van der Waals surface area contributed by atoms with Crippen molar-refractivity contribution in [3.05, 3.63) is 36.9 Å². The van der Waals surface area contributed by atoms with Gasteiger partial charge in [0.1, 0.15) is 11.6 Å². The lowest BCUT2D eigenvalue weighted by molar-refractivity contribution is -0.385. The van der Waals surface area contributed by atoms with Crippen LogP contribution in [0.2, 0.25) is 0 Å². The van der Waals surface area contributed by atoms with E-state index in [4.69, 9.17) is 10.00 Å². The normalized spacial score (nSPS) is 9.47. The lowest BCUT2D eigenvalue weighted by Gasteiger charge is -2.04. The fraction of sp³-hybridized carbons (Fsp3) is 0.200. The number of halogens is 1. The molecule has 0 bridgehead atoms. The van der Waals surface area contributed by atoms with Crippen LogP contribution < -0.4 is 0 Å². The summed E-state index contributed by atoms with van der Waals surface area (Å²) in [6.07, 6.45) is 0. The van der Waals surface area contributed by atoms with Gasteiger partial charge in [-0.05, 0) is 35.6 Å². The second kappa shape index (κ2) is 5.58. The van der Waals surface area contributed by atoms with Gasteiger partial charge in [-0.3, -0.25) is 10.1 Å². The smallest absolute Gasteiger partial charge is 0.339 e. The van der Waals surface area contributed by atoms with Crippen LogP contribution in [0.3, 0.4) is 0 Å². The molecule has 1 aromatic rings. The molecule has 0 unspecified atom stereocenters. The molecule has 0 fully saturated rings. The quantitative estimate of drug-likeness (QED) is 0.362. The van der Waals surface area contributed by atoms with Crippen molar-refractivity contribution in [1.82, 2.24) is 0 Å². The molecule has 6 nitrogen and oxygen atoms in total. The van der Waals surface area contributed by atoms with Crippen molar-refractivity contribution >= 4 is 34.2 Å². The SMILES string of the molecule is CCOC(=O)c1cc([N+](=O)[O-])c(C#N)cc1I. The van der Waals surface area contributed by atoms with Gasteiger partial charge in [-0.25, -0.2) is 4.79 Å². The monoisotopic (exact) mass is 346 g/mol. The molecule has 1 rings (SSSR count). The van der Waals surface area contributed by atoms with Gasteiger partial charge in [-0.1, -0.05) is 0 Å². The number of esters is 1. The molecular weight excluding hydrogens is 339 g/mol. The van der Waals surface area contributed by atoms with E-state index in [0.717, 1.165) is 6.07 Å². The maximum atomic E-state index is 11.5. The molecule has 0 spiro atoms. The van der Waals surface area contributed by atoms with Crippen LogP contribution >= 0.6 is 22.6 Å². The number of hydrogen-bond acceptors (Lipinski definition) is 5. The van der Waals surface area contributed by atoms with Crippen LogP contribution in [0, 0.1) is 25.0 Å². The number of nitro groups is 1. The molecule has 0 radical (unpaired) electrons. The van der Waals surface area contributed by atoms with Crippen molar-refractivity contribution in [3.63, 3.8) is 0 Å². The minimum Gasteiger partial charge on any atom is -0.462 e. The number of hydrogen-bond donors (Lipinski definition) is 0. The summed E-state index contributed by atoms with van der Waals surface area (Å²) < 4.78 is 5.22. The molecule has 88 valence electrons. The van der Waals surface area contributed by atoms with Crippen LogP contribution in [0.15, 0.2) is 12.1 Å². The molecule has 1 aromatic carbocycles. The highest BCUT2D eigenvalue weighted by Crippen LogP contribution is 2.25. The number of carbonyl (C=O) groups is 1. The molecule has 0 N–H and O–H groups in total. The van der Waals surface area contributed by atoms with Gasteiger partial charge in [-0.15, -0.1) is 0 Å². The maximum absolute atomic E-state index is 11.5. The van der Waals surface area contributed by atoms with E-state index in [1.54, 1.807) is 13.0 Å². The number of nitriles is 1. The minimum absolute atomic E-state index is 0.0764. The lowest BCUT2D eigenvalue weighted by Crippen LogP contribution is -2.08. The standard InChI is InChI=1S/C10H7IN2O4/c1-2-17-10(14)7-4-9(13(15)16)6(5-12)3-8(7)11/h3-4H,2H2,1H3. The number of ether oxygens (including phenoxy) is 1. The summed E-state index contributed by atoms with van der Waals surface area (Å²) in [5.74, 6) is -0.635. The van der Waals surface area contributed by atoms with Crippen molar-refractivity contribution in [2.24, 2.45) is 0 Å². The largest absolute Gasteiger partial charge is 0.462 e. The Morgan fingerprint density at radius 2 is 2.29 bits per heavy atom. The van der Waals surface area contributed by atoms with E-state index in [-0.39, 0.29) is 17.7 Å². The first-order valence-corrected chi connectivity index (χ1v) is 5.64. The van der Waals surface area contributed by atoms with Crippen LogP contribution in [0.1, 0.15) is 22.8 Å². The van der Waals surface area contributed by atoms with Crippen molar-refractivity contribution < 1.29 is 14.5 Å². The first-order chi connectivity index (χ1) is 8.01. The molecule has 7 heteroatoms. The molecule has 0 aliphatic carbocycles. The Morgan fingerprint density at radius 3 is 2.76 bits per heavy atom. The molecule has 0 atom stereocenters. The van der Waals surface area contributed by atoms with E-state index < -0.39 is 16.6 Å². The number of nitro benzene ring substituents is 1. The number of nitrogens with zero attached hydrogens (tertiary/aromatic N) is 2. The molecule has 0 saturated carbocycles. The van der Waals surface area contributed by atoms with Crippen LogP contribution in [-0.4, -0.2) is 17.5 Å². The Hall–Kier alpha value is -1.69. The van der Waals surface area contributed by atoms with Gasteiger partial charge in [0.2, 0.25) is 0 Å². The van der Waals surface area contributed by atoms with Gasteiger partial charge in [-0.2, -0.15) is 5.26 Å². The molecule has 17 heavy (non-hydrogen) atoms. The first-order valence-electron chi connectivity index (χ1n) is 4.56.